The second-order valence-electron chi connectivity index (χ2n) is 3.96. The highest BCUT2D eigenvalue weighted by molar-refractivity contribution is 9.10. The molecule has 0 atom stereocenters. The fourth-order valence-corrected chi connectivity index (χ4v) is 2.06. The first kappa shape index (κ1) is 15.7. The van der Waals surface area contributed by atoms with Crippen molar-refractivity contribution in [3.05, 3.63) is 56.8 Å². The van der Waals surface area contributed by atoms with Gasteiger partial charge in [-0.3, -0.25) is 4.79 Å². The monoisotopic (exact) mass is 379 g/mol. The van der Waals surface area contributed by atoms with E-state index in [0.717, 1.165) is 0 Å². The number of aromatic hydroxyl groups is 1. The van der Waals surface area contributed by atoms with Crippen LogP contribution in [0.3, 0.4) is 0 Å². The summed E-state index contributed by atoms with van der Waals surface area (Å²) in [6.07, 6.45) is 0. The van der Waals surface area contributed by atoms with Gasteiger partial charge in [-0.25, -0.2) is 8.78 Å². The van der Waals surface area contributed by atoms with Crippen molar-refractivity contribution in [2.24, 2.45) is 0 Å². The van der Waals surface area contributed by atoms with E-state index in [0.29, 0.717) is 10.5 Å². The summed E-state index contributed by atoms with van der Waals surface area (Å²) in [7, 11) is 0. The van der Waals surface area contributed by atoms with Crippen molar-refractivity contribution in [1.29, 1.82) is 0 Å². The van der Waals surface area contributed by atoms with Gasteiger partial charge in [0.25, 0.3) is 5.91 Å². The second-order valence-corrected chi connectivity index (χ2v) is 5.28. The van der Waals surface area contributed by atoms with Crippen LogP contribution in [0.5, 0.6) is 5.75 Å². The highest BCUT2D eigenvalue weighted by Gasteiger charge is 2.23. The minimum absolute atomic E-state index is 0.139. The van der Waals surface area contributed by atoms with E-state index in [4.69, 9.17) is 16.7 Å². The van der Waals surface area contributed by atoms with Crippen LogP contribution >= 0.6 is 27.5 Å². The van der Waals surface area contributed by atoms with Crippen LogP contribution in [0.2, 0.25) is 5.02 Å². The molecule has 2 aromatic carbocycles. The van der Waals surface area contributed by atoms with Crippen molar-refractivity contribution in [2.45, 2.75) is 0 Å². The molecular formula is C13H6BrClF3NO2. The van der Waals surface area contributed by atoms with Crippen molar-refractivity contribution < 1.29 is 23.1 Å². The largest absolute Gasteiger partial charge is 0.503 e. The molecule has 3 nitrogen and oxygen atoms in total. The summed E-state index contributed by atoms with van der Waals surface area (Å²) in [6.45, 7) is 0. The second kappa shape index (κ2) is 5.95. The maximum absolute atomic E-state index is 13.6. The summed E-state index contributed by atoms with van der Waals surface area (Å²) in [5, 5.41) is 11.5. The number of rotatable bonds is 2. The van der Waals surface area contributed by atoms with Gasteiger partial charge in [-0.15, -0.1) is 0 Å². The third kappa shape index (κ3) is 3.14. The van der Waals surface area contributed by atoms with Gasteiger partial charge in [0.2, 0.25) is 5.82 Å². The molecule has 0 heterocycles. The van der Waals surface area contributed by atoms with Crippen LogP contribution < -0.4 is 5.32 Å². The maximum Gasteiger partial charge on any atom is 0.258 e. The summed E-state index contributed by atoms with van der Waals surface area (Å²) in [4.78, 5) is 11.9. The predicted molar refractivity (Wildman–Crippen MR) is 75.1 cm³/mol. The van der Waals surface area contributed by atoms with Gasteiger partial charge in [-0.05, 0) is 24.3 Å². The van der Waals surface area contributed by atoms with E-state index >= 15 is 0 Å². The van der Waals surface area contributed by atoms with Crippen LogP contribution in [0.15, 0.2) is 28.7 Å². The number of nitrogens with one attached hydrogen (secondary N) is 1. The van der Waals surface area contributed by atoms with E-state index in [1.54, 1.807) is 6.07 Å². The molecule has 0 aliphatic carbocycles. The molecule has 0 fully saturated rings. The molecule has 0 aromatic heterocycles. The highest BCUT2D eigenvalue weighted by atomic mass is 79.9. The summed E-state index contributed by atoms with van der Waals surface area (Å²) in [6, 6.07) is 4.88. The minimum Gasteiger partial charge on any atom is -0.503 e. The van der Waals surface area contributed by atoms with Gasteiger partial charge in [-0.1, -0.05) is 27.5 Å². The summed E-state index contributed by atoms with van der Waals surface area (Å²) < 4.78 is 40.3. The van der Waals surface area contributed by atoms with Gasteiger partial charge in [0, 0.05) is 4.47 Å². The Morgan fingerprint density at radius 1 is 1.19 bits per heavy atom. The van der Waals surface area contributed by atoms with Crippen LogP contribution in [0.25, 0.3) is 0 Å². The lowest BCUT2D eigenvalue weighted by molar-refractivity contribution is 0.102. The fourth-order valence-electron chi connectivity index (χ4n) is 1.54. The molecule has 8 heteroatoms. The number of halogens is 5. The van der Waals surface area contributed by atoms with Gasteiger partial charge in [0.15, 0.2) is 17.4 Å². The van der Waals surface area contributed by atoms with Crippen LogP contribution in [-0.4, -0.2) is 11.0 Å². The molecule has 1 amide bonds. The Morgan fingerprint density at radius 2 is 1.86 bits per heavy atom. The van der Waals surface area contributed by atoms with E-state index in [2.05, 4.69) is 21.2 Å². The number of anilines is 1. The Kier molecular flexibility index (Phi) is 4.43. The zero-order chi connectivity index (χ0) is 15.7. The van der Waals surface area contributed by atoms with Gasteiger partial charge in [0.05, 0.1) is 16.3 Å². The zero-order valence-corrected chi connectivity index (χ0v) is 12.4. The van der Waals surface area contributed by atoms with Crippen LogP contribution in [0.4, 0.5) is 18.9 Å². The van der Waals surface area contributed by atoms with Crippen molar-refractivity contribution in [2.75, 3.05) is 5.32 Å². The molecule has 21 heavy (non-hydrogen) atoms. The SMILES string of the molecule is O=C(Nc1cc(Br)ccc1Cl)c1cc(F)c(F)c(O)c1F. The quantitative estimate of drug-likeness (QED) is 0.755. The topological polar surface area (TPSA) is 49.3 Å². The molecule has 0 radical (unpaired) electrons. The Hall–Kier alpha value is -1.73. The third-order valence-electron chi connectivity index (χ3n) is 2.55. The minimum atomic E-state index is -1.76. The molecule has 0 saturated carbocycles. The summed E-state index contributed by atoms with van der Waals surface area (Å²) >= 11 is 9.00. The molecule has 0 spiro atoms. The van der Waals surface area contributed by atoms with Crippen LogP contribution in [0.1, 0.15) is 10.4 Å². The first-order valence-corrected chi connectivity index (χ1v) is 6.61. The Labute approximate surface area is 130 Å². The molecule has 2 aromatic rings. The predicted octanol–water partition coefficient (Wildman–Crippen LogP) is 4.48. The van der Waals surface area contributed by atoms with E-state index < -0.39 is 34.7 Å². The Balaban J connectivity index is 2.40. The average Bonchev–Trinajstić information content (AvgIpc) is 2.44. The lowest BCUT2D eigenvalue weighted by atomic mass is 10.1. The molecular weight excluding hydrogens is 374 g/mol. The molecule has 0 unspecified atom stereocenters. The van der Waals surface area contributed by atoms with Crippen molar-refractivity contribution in [3.63, 3.8) is 0 Å². The smallest absolute Gasteiger partial charge is 0.258 e. The number of carbonyl (C=O) groups is 1. The Morgan fingerprint density at radius 3 is 2.52 bits per heavy atom. The van der Waals surface area contributed by atoms with Gasteiger partial charge < -0.3 is 10.4 Å². The molecule has 0 bridgehead atoms. The molecule has 0 saturated heterocycles. The third-order valence-corrected chi connectivity index (χ3v) is 3.38. The van der Waals surface area contributed by atoms with Crippen molar-refractivity contribution in [3.8, 4) is 5.75 Å². The van der Waals surface area contributed by atoms with Gasteiger partial charge in [-0.2, -0.15) is 4.39 Å². The highest BCUT2D eigenvalue weighted by Crippen LogP contribution is 2.29. The number of hydrogen-bond acceptors (Lipinski definition) is 2. The summed E-state index contributed by atoms with van der Waals surface area (Å²) in [5.74, 6) is -7.50. The maximum atomic E-state index is 13.6. The lowest BCUT2D eigenvalue weighted by Crippen LogP contribution is -2.15. The molecule has 2 N–H and O–H groups in total. The fraction of sp³-hybridized carbons (Fsp3) is 0. The van der Waals surface area contributed by atoms with Crippen LogP contribution in [-0.2, 0) is 0 Å². The van der Waals surface area contributed by atoms with E-state index in [9.17, 15) is 18.0 Å². The number of hydrogen-bond donors (Lipinski definition) is 2. The number of amides is 1. The first-order valence-electron chi connectivity index (χ1n) is 5.44. The Bertz CT molecular complexity index is 740. The first-order chi connectivity index (χ1) is 9.81. The standard InChI is InChI=1S/C13H6BrClF3NO2/c14-5-1-2-7(15)9(3-5)19-13(21)6-4-8(16)11(18)12(20)10(6)17/h1-4,20H,(H,19,21). The van der Waals surface area contributed by atoms with E-state index in [1.165, 1.54) is 12.1 Å². The van der Waals surface area contributed by atoms with E-state index in [-0.39, 0.29) is 10.7 Å². The lowest BCUT2D eigenvalue weighted by Gasteiger charge is -2.09. The normalized spacial score (nSPS) is 10.5. The zero-order valence-electron chi connectivity index (χ0n) is 10.1. The van der Waals surface area contributed by atoms with Gasteiger partial charge in [0.1, 0.15) is 0 Å². The molecule has 0 aliphatic heterocycles. The number of phenolic OH excluding ortho intramolecular Hbond substituents is 1. The molecule has 2 rings (SSSR count). The van der Waals surface area contributed by atoms with E-state index in [1.807, 2.05) is 0 Å². The number of phenols is 1. The van der Waals surface area contributed by atoms with Crippen molar-refractivity contribution >= 4 is 39.1 Å². The number of carbonyl (C=O) groups excluding carboxylic acids is 1. The average molecular weight is 381 g/mol. The number of benzene rings is 2. The molecule has 110 valence electrons. The molecule has 0 aliphatic rings. The van der Waals surface area contributed by atoms with Crippen LogP contribution in [0, 0.1) is 17.5 Å². The van der Waals surface area contributed by atoms with Gasteiger partial charge >= 0.3 is 0 Å². The van der Waals surface area contributed by atoms with Crippen molar-refractivity contribution in [1.82, 2.24) is 0 Å². The summed E-state index contributed by atoms with van der Waals surface area (Å²) in [5.41, 5.74) is -0.706.